The summed E-state index contributed by atoms with van der Waals surface area (Å²) in [5.41, 5.74) is 1.45. The van der Waals surface area contributed by atoms with Crippen molar-refractivity contribution in [2.75, 3.05) is 18.0 Å². The molecule has 0 saturated heterocycles. The predicted molar refractivity (Wildman–Crippen MR) is 143 cm³/mol. The Bertz CT molecular complexity index is 1380. The van der Waals surface area contributed by atoms with Gasteiger partial charge in [-0.25, -0.2) is 4.79 Å². The monoisotopic (exact) mass is 656 g/mol. The first-order valence-corrected chi connectivity index (χ1v) is 13.5. The van der Waals surface area contributed by atoms with Gasteiger partial charge < -0.3 is 15.4 Å². The smallest absolute Gasteiger partial charge is 0.416 e. The molecule has 3 rings (SSSR count). The molecular weight excluding hydrogens is 625 g/mol. The van der Waals surface area contributed by atoms with Crippen LogP contribution < -0.4 is 16.1 Å². The number of fused-ring (bicyclic) bond motifs is 1. The lowest BCUT2D eigenvalue weighted by Crippen LogP contribution is -2.79. The Hall–Kier alpha value is -3.93. The van der Waals surface area contributed by atoms with Crippen molar-refractivity contribution in [3.8, 4) is 0 Å². The van der Waals surface area contributed by atoms with Gasteiger partial charge >= 0.3 is 24.6 Å². The van der Waals surface area contributed by atoms with Gasteiger partial charge in [0.2, 0.25) is 5.96 Å². The second-order valence-corrected chi connectivity index (χ2v) is 10.5. The highest BCUT2D eigenvalue weighted by atomic mass is 19.4. The summed E-state index contributed by atoms with van der Waals surface area (Å²) >= 11 is 0. The maximum Gasteiger partial charge on any atom is 0.416 e. The molecule has 2 aromatic rings. The van der Waals surface area contributed by atoms with Gasteiger partial charge in [0.25, 0.3) is 0 Å². The number of halogens is 9. The summed E-state index contributed by atoms with van der Waals surface area (Å²) in [5, 5.41) is 15.9. The number of rotatable bonds is 7. The molecule has 248 valence electrons. The third-order valence-electron chi connectivity index (χ3n) is 6.69. The number of hydrogen-bond donors (Lipinski definition) is 3. The number of nitrogens with two attached hydrogens (primary N) is 2. The summed E-state index contributed by atoms with van der Waals surface area (Å²) < 4.78 is 128. The van der Waals surface area contributed by atoms with Crippen molar-refractivity contribution >= 4 is 17.7 Å². The fourth-order valence-corrected chi connectivity index (χ4v) is 4.77. The summed E-state index contributed by atoms with van der Waals surface area (Å²) in [7, 11) is 0. The fraction of sp³-hybridized carbons (Fsp3) is 0.481. The molecule has 0 fully saturated rings. The number of hydrogen-bond acceptors (Lipinski definition) is 5. The maximum absolute atomic E-state index is 13.8. The number of alkyl halides is 9. The van der Waals surface area contributed by atoms with Crippen LogP contribution in [0.2, 0.25) is 0 Å². The molecule has 0 unspecified atom stereocenters. The van der Waals surface area contributed by atoms with E-state index in [1.807, 2.05) is 0 Å². The van der Waals surface area contributed by atoms with Crippen LogP contribution in [-0.4, -0.2) is 42.2 Å². The lowest BCUT2D eigenvalue weighted by Gasteiger charge is -2.43. The third kappa shape index (κ3) is 8.84. The zero-order valence-corrected chi connectivity index (χ0v) is 24.2. The first-order chi connectivity index (χ1) is 20.7. The lowest BCUT2D eigenvalue weighted by molar-refractivity contribution is -0.665. The zero-order valence-electron chi connectivity index (χ0n) is 24.2. The topological polar surface area (TPSA) is 124 Å². The molecule has 0 saturated carbocycles. The van der Waals surface area contributed by atoms with Crippen molar-refractivity contribution in [3.63, 3.8) is 0 Å². The predicted octanol–water partition coefficient (Wildman–Crippen LogP) is 6.25. The summed E-state index contributed by atoms with van der Waals surface area (Å²) in [6, 6.07) is 1.21. The summed E-state index contributed by atoms with van der Waals surface area (Å²) in [5.74, 6) is -0.770. The average Bonchev–Trinajstić information content (AvgIpc) is 2.91. The van der Waals surface area contributed by atoms with Crippen LogP contribution in [0.25, 0.3) is 0 Å². The second-order valence-electron chi connectivity index (χ2n) is 10.5. The standard InChI is InChI=1S/C27H30F9N7O2/c1-14(2)45-24(44)43-15(3)8-22(20-12-17(25(28,29)30)4-5-21(20)43)42(23(38)40-41-39-7-6-37)13-16-9-18(26(31,32)33)11-19(10-16)27(34,35)36/h4-5,9-12,14-15,22H,6-8,13,37H2,1-3H3,(H2,38,39,40)/p+1/t15-,22+/m1/s1. The van der Waals surface area contributed by atoms with Crippen molar-refractivity contribution in [1.82, 2.24) is 4.90 Å². The van der Waals surface area contributed by atoms with Gasteiger partial charge in [-0.3, -0.25) is 10.3 Å². The SMILES string of the molecule is CC(C)OC(=O)N1c2ccc(C(F)(F)F)cc2[C@@H](N(Cc2cc(C(F)(F)F)cc(C(F)(F)F)c2)C(=N)/N=N\[NH2+]CCN)C[C@H]1C. The minimum atomic E-state index is -5.17. The van der Waals surface area contributed by atoms with Gasteiger partial charge in [-0.15, -0.1) is 0 Å². The number of anilines is 1. The van der Waals surface area contributed by atoms with E-state index >= 15 is 0 Å². The van der Waals surface area contributed by atoms with Crippen LogP contribution in [0.3, 0.4) is 0 Å². The highest BCUT2D eigenvalue weighted by molar-refractivity contribution is 5.91. The molecule has 1 aliphatic heterocycles. The number of ether oxygens (including phenoxy) is 1. The van der Waals surface area contributed by atoms with E-state index in [0.717, 1.165) is 21.9 Å². The average molecular weight is 657 g/mol. The molecule has 0 spiro atoms. The van der Waals surface area contributed by atoms with Crippen LogP contribution in [0.5, 0.6) is 0 Å². The molecule has 2 atom stereocenters. The van der Waals surface area contributed by atoms with E-state index in [-0.39, 0.29) is 36.8 Å². The van der Waals surface area contributed by atoms with Gasteiger partial charge in [0, 0.05) is 24.4 Å². The van der Waals surface area contributed by atoms with E-state index in [2.05, 4.69) is 10.3 Å². The van der Waals surface area contributed by atoms with Crippen molar-refractivity contribution in [3.05, 3.63) is 64.2 Å². The minimum Gasteiger partial charge on any atom is -0.446 e. The Morgan fingerprint density at radius 2 is 1.60 bits per heavy atom. The zero-order chi connectivity index (χ0) is 33.9. The Morgan fingerprint density at radius 1 is 1.02 bits per heavy atom. The van der Waals surface area contributed by atoms with Crippen molar-refractivity contribution in [1.29, 1.82) is 5.41 Å². The van der Waals surface area contributed by atoms with Gasteiger partial charge in [-0.05, 0) is 74.7 Å². The molecule has 2 aromatic carbocycles. The van der Waals surface area contributed by atoms with Crippen LogP contribution in [0.1, 0.15) is 61.1 Å². The fourth-order valence-electron chi connectivity index (χ4n) is 4.77. The number of carbonyl (C=O) groups is 1. The quantitative estimate of drug-likeness (QED) is 0.0620. The summed E-state index contributed by atoms with van der Waals surface area (Å²) in [6.45, 7) is 4.19. The highest BCUT2D eigenvalue weighted by Crippen LogP contribution is 2.45. The molecule has 9 nitrogen and oxygen atoms in total. The number of guanidine groups is 1. The van der Waals surface area contributed by atoms with Gasteiger partial charge in [-0.2, -0.15) is 44.9 Å². The molecule has 45 heavy (non-hydrogen) atoms. The van der Waals surface area contributed by atoms with Gasteiger partial charge in [0.15, 0.2) is 0 Å². The number of amides is 1. The molecular formula is C27H31F9N7O2+. The molecule has 0 radical (unpaired) electrons. The Labute approximate surface area is 251 Å². The van der Waals surface area contributed by atoms with Gasteiger partial charge in [0.1, 0.15) is 6.54 Å². The number of nitrogens with one attached hydrogen (secondary N) is 1. The first kappa shape index (κ1) is 35.5. The minimum absolute atomic E-state index is 0.0538. The summed E-state index contributed by atoms with van der Waals surface area (Å²) in [4.78, 5) is 15.0. The molecule has 1 heterocycles. The number of carbonyl (C=O) groups excluding carboxylic acids is 1. The molecule has 0 aliphatic carbocycles. The van der Waals surface area contributed by atoms with Crippen LogP contribution in [0.4, 0.5) is 50.0 Å². The number of benzene rings is 2. The molecule has 18 heteroatoms. The van der Waals surface area contributed by atoms with Crippen LogP contribution >= 0.6 is 0 Å². The van der Waals surface area contributed by atoms with E-state index in [1.165, 1.54) is 12.3 Å². The van der Waals surface area contributed by atoms with Gasteiger partial charge in [-0.1, -0.05) is 5.11 Å². The second kappa shape index (κ2) is 13.6. The van der Waals surface area contributed by atoms with E-state index in [4.69, 9.17) is 15.9 Å². The number of quaternary nitrogens is 1. The third-order valence-corrected chi connectivity index (χ3v) is 6.69. The van der Waals surface area contributed by atoms with E-state index in [9.17, 15) is 44.3 Å². The molecule has 1 amide bonds. The maximum atomic E-state index is 13.8. The van der Waals surface area contributed by atoms with Crippen molar-refractivity contribution < 1.29 is 54.5 Å². The highest BCUT2D eigenvalue weighted by Gasteiger charge is 2.42. The van der Waals surface area contributed by atoms with E-state index in [1.54, 1.807) is 13.8 Å². The molecule has 0 bridgehead atoms. The first-order valence-electron chi connectivity index (χ1n) is 13.5. The lowest BCUT2D eigenvalue weighted by atomic mass is 9.89. The normalized spacial score (nSPS) is 17.5. The molecule has 5 N–H and O–H groups in total. The summed E-state index contributed by atoms with van der Waals surface area (Å²) in [6.07, 6.45) is -16.9. The Morgan fingerprint density at radius 3 is 2.11 bits per heavy atom. The van der Waals surface area contributed by atoms with Crippen LogP contribution in [-0.2, 0) is 29.8 Å². The largest absolute Gasteiger partial charge is 0.446 e. The van der Waals surface area contributed by atoms with Crippen molar-refractivity contribution in [2.24, 2.45) is 16.1 Å². The van der Waals surface area contributed by atoms with Gasteiger partial charge in [0.05, 0.1) is 34.5 Å². The number of nitrogens with zero attached hydrogens (tertiary/aromatic N) is 4. The molecule has 1 aliphatic rings. The van der Waals surface area contributed by atoms with Crippen molar-refractivity contribution in [2.45, 2.75) is 70.5 Å². The van der Waals surface area contributed by atoms with E-state index in [0.29, 0.717) is 18.2 Å². The van der Waals surface area contributed by atoms with Crippen LogP contribution in [0, 0.1) is 5.41 Å². The Kier molecular flexibility index (Phi) is 10.7. The Balaban J connectivity index is 2.24. The van der Waals surface area contributed by atoms with Crippen LogP contribution in [0.15, 0.2) is 46.7 Å². The van der Waals surface area contributed by atoms with E-state index < -0.39 is 77.6 Å². The molecule has 0 aromatic heterocycles.